The van der Waals surface area contributed by atoms with E-state index in [9.17, 15) is 20.1 Å². The highest BCUT2D eigenvalue weighted by Gasteiger charge is 2.76. The maximum absolute atomic E-state index is 12.1. The second-order valence-corrected chi connectivity index (χ2v) is 14.2. The van der Waals surface area contributed by atoms with Crippen molar-refractivity contribution in [3.8, 4) is 0 Å². The summed E-state index contributed by atoms with van der Waals surface area (Å²) in [6.07, 6.45) is 8.28. The van der Waals surface area contributed by atoms with Gasteiger partial charge >= 0.3 is 5.97 Å². The molecule has 0 spiro atoms. The van der Waals surface area contributed by atoms with Gasteiger partial charge in [0.05, 0.1) is 17.8 Å². The lowest BCUT2D eigenvalue weighted by Crippen LogP contribution is -2.64. The van der Waals surface area contributed by atoms with Crippen LogP contribution in [-0.2, 0) is 19.0 Å². The first-order valence-electron chi connectivity index (χ1n) is 14.0. The topological polar surface area (TPSA) is 105 Å². The van der Waals surface area contributed by atoms with Crippen LogP contribution in [0.2, 0.25) is 0 Å². The number of carbonyl (C=O) groups is 1. The summed E-state index contributed by atoms with van der Waals surface area (Å²) in [5.41, 5.74) is -3.36. The van der Waals surface area contributed by atoms with Crippen molar-refractivity contribution < 1.29 is 34.3 Å². The Bertz CT molecular complexity index is 989. The van der Waals surface area contributed by atoms with Gasteiger partial charge in [-0.1, -0.05) is 26.0 Å². The number of aliphatic hydroxyl groups is 3. The molecule has 0 radical (unpaired) electrons. The second-order valence-electron chi connectivity index (χ2n) is 14.2. The zero-order valence-electron chi connectivity index (χ0n) is 22.6. The number of carbonyl (C=O) groups excluding carboxylic acids is 1. The van der Waals surface area contributed by atoms with Crippen LogP contribution in [0.4, 0.5) is 0 Å². The zero-order chi connectivity index (χ0) is 26.1. The summed E-state index contributed by atoms with van der Waals surface area (Å²) >= 11 is 0. The molecular formula is C29H44O7. The van der Waals surface area contributed by atoms with E-state index >= 15 is 0 Å². The van der Waals surface area contributed by atoms with Crippen LogP contribution in [0.15, 0.2) is 12.2 Å². The van der Waals surface area contributed by atoms with Gasteiger partial charge in [0.25, 0.3) is 0 Å². The highest BCUT2D eigenvalue weighted by molar-refractivity contribution is 5.66. The number of hydrogen-bond acceptors (Lipinski definition) is 7. The lowest BCUT2D eigenvalue weighted by Gasteiger charge is -2.62. The number of esters is 1. The molecule has 36 heavy (non-hydrogen) atoms. The van der Waals surface area contributed by atoms with Gasteiger partial charge in [0.15, 0.2) is 0 Å². The molecule has 12 atom stereocenters. The lowest BCUT2D eigenvalue weighted by atomic mass is 9.45. The Morgan fingerprint density at radius 3 is 2.50 bits per heavy atom. The Hall–Kier alpha value is -0.990. The molecule has 2 bridgehead atoms. The molecule has 7 heteroatoms. The van der Waals surface area contributed by atoms with E-state index in [-0.39, 0.29) is 28.8 Å². The fourth-order valence-electron chi connectivity index (χ4n) is 10.1. The Morgan fingerprint density at radius 1 is 1.11 bits per heavy atom. The van der Waals surface area contributed by atoms with Crippen molar-refractivity contribution >= 4 is 5.97 Å². The third kappa shape index (κ3) is 3.01. The predicted octanol–water partition coefficient (Wildman–Crippen LogP) is 3.48. The first-order valence-corrected chi connectivity index (χ1v) is 14.0. The molecule has 2 saturated heterocycles. The normalized spacial score (nSPS) is 57.4. The Morgan fingerprint density at radius 2 is 1.83 bits per heavy atom. The molecule has 6 rings (SSSR count). The summed E-state index contributed by atoms with van der Waals surface area (Å²) in [6, 6.07) is 0. The Balaban J connectivity index is 1.40. The quantitative estimate of drug-likeness (QED) is 0.391. The average molecular weight is 505 g/mol. The summed E-state index contributed by atoms with van der Waals surface area (Å²) in [5, 5.41) is 33.2. The number of rotatable bonds is 2. The van der Waals surface area contributed by atoms with Crippen LogP contribution in [-0.4, -0.2) is 62.2 Å². The number of allylic oxidation sites excluding steroid dienone is 1. The van der Waals surface area contributed by atoms with Crippen LogP contribution in [0.3, 0.4) is 0 Å². The summed E-state index contributed by atoms with van der Waals surface area (Å²) in [4.78, 5) is 12.1. The molecule has 6 aliphatic rings. The zero-order valence-corrected chi connectivity index (χ0v) is 22.6. The maximum atomic E-state index is 12.1. The molecule has 3 N–H and O–H groups in total. The van der Waals surface area contributed by atoms with Gasteiger partial charge < -0.3 is 29.5 Å². The van der Waals surface area contributed by atoms with Gasteiger partial charge in [-0.25, -0.2) is 0 Å². The van der Waals surface area contributed by atoms with E-state index in [0.29, 0.717) is 30.6 Å². The van der Waals surface area contributed by atoms with Gasteiger partial charge in [-0.15, -0.1) is 0 Å². The number of aliphatic hydroxyl groups excluding tert-OH is 1. The summed E-state index contributed by atoms with van der Waals surface area (Å²) in [5.74, 6) is -0.589. The maximum Gasteiger partial charge on any atom is 0.303 e. The van der Waals surface area contributed by atoms with Crippen LogP contribution < -0.4 is 0 Å². The van der Waals surface area contributed by atoms with Crippen molar-refractivity contribution in [3.05, 3.63) is 12.2 Å². The average Bonchev–Trinajstić information content (AvgIpc) is 3.17. The van der Waals surface area contributed by atoms with Crippen LogP contribution in [0.5, 0.6) is 0 Å². The first-order chi connectivity index (χ1) is 16.6. The fraction of sp³-hybridized carbons (Fsp3) is 0.897. The molecule has 202 valence electrons. The summed E-state index contributed by atoms with van der Waals surface area (Å²) in [6.45, 7) is 11.5. The molecule has 0 aromatic rings. The number of fused-ring (bicyclic) bond motifs is 10. The van der Waals surface area contributed by atoms with Crippen LogP contribution in [0.25, 0.3) is 0 Å². The van der Waals surface area contributed by atoms with Crippen molar-refractivity contribution in [2.45, 2.75) is 127 Å². The fourth-order valence-corrected chi connectivity index (χ4v) is 10.1. The summed E-state index contributed by atoms with van der Waals surface area (Å²) in [7, 11) is 0. The van der Waals surface area contributed by atoms with E-state index in [4.69, 9.17) is 14.2 Å². The van der Waals surface area contributed by atoms with E-state index in [1.54, 1.807) is 13.8 Å². The van der Waals surface area contributed by atoms with E-state index in [0.717, 1.165) is 32.1 Å². The van der Waals surface area contributed by atoms with Crippen molar-refractivity contribution in [3.63, 3.8) is 0 Å². The van der Waals surface area contributed by atoms with E-state index < -0.39 is 34.8 Å². The predicted molar refractivity (Wildman–Crippen MR) is 132 cm³/mol. The SMILES string of the molecule is CC(=O)OC1CC2(C(C)(C)O)OC3CC4C5C=CC6(O)CC(O)CCC6(C)C5CCC4(C)C3C1(C)O2. The van der Waals surface area contributed by atoms with Gasteiger partial charge in [-0.05, 0) is 76.0 Å². The molecule has 0 aromatic carbocycles. The van der Waals surface area contributed by atoms with Gasteiger partial charge in [0.1, 0.15) is 17.3 Å². The van der Waals surface area contributed by atoms with Crippen LogP contribution in [0, 0.1) is 34.5 Å². The van der Waals surface area contributed by atoms with E-state index in [1.807, 2.05) is 6.08 Å². The highest BCUT2D eigenvalue weighted by atomic mass is 16.8. The van der Waals surface area contributed by atoms with Gasteiger partial charge in [0, 0.05) is 31.1 Å². The third-order valence-electron chi connectivity index (χ3n) is 12.0. The standard InChI is InChI=1S/C29H44O7/c1-16(30)34-22-15-29(24(2,3)32)35-21-13-20-18-8-12-28(33)14-17(31)7-11-26(28,5)19(18)9-10-25(20,4)23(21)27(22,6)36-29/h8,12,17-23,31-33H,7,9-11,13-15H2,1-6H3. The lowest BCUT2D eigenvalue weighted by molar-refractivity contribution is -0.384. The molecule has 5 fully saturated rings. The van der Waals surface area contributed by atoms with Crippen molar-refractivity contribution in [2.75, 3.05) is 0 Å². The van der Waals surface area contributed by atoms with Crippen molar-refractivity contribution in [1.29, 1.82) is 0 Å². The Kier molecular flexibility index (Phi) is 5.16. The van der Waals surface area contributed by atoms with Gasteiger partial charge in [0.2, 0.25) is 5.79 Å². The van der Waals surface area contributed by atoms with E-state index in [1.165, 1.54) is 6.92 Å². The van der Waals surface area contributed by atoms with Crippen LogP contribution in [0.1, 0.15) is 86.5 Å². The molecular weight excluding hydrogens is 460 g/mol. The molecule has 12 unspecified atom stereocenters. The van der Waals surface area contributed by atoms with Crippen LogP contribution >= 0.6 is 0 Å². The molecule has 4 aliphatic carbocycles. The highest BCUT2D eigenvalue weighted by Crippen LogP contribution is 2.72. The third-order valence-corrected chi connectivity index (χ3v) is 12.0. The molecule has 7 nitrogen and oxygen atoms in total. The summed E-state index contributed by atoms with van der Waals surface area (Å²) < 4.78 is 19.3. The largest absolute Gasteiger partial charge is 0.459 e. The minimum Gasteiger partial charge on any atom is -0.459 e. The minimum absolute atomic E-state index is 0.0217. The van der Waals surface area contributed by atoms with Crippen molar-refractivity contribution in [2.24, 2.45) is 34.5 Å². The smallest absolute Gasteiger partial charge is 0.303 e. The van der Waals surface area contributed by atoms with E-state index in [2.05, 4.69) is 26.8 Å². The van der Waals surface area contributed by atoms with Gasteiger partial charge in [-0.2, -0.15) is 0 Å². The molecule has 2 aliphatic heterocycles. The number of hydrogen-bond donors (Lipinski definition) is 3. The minimum atomic E-state index is -1.26. The van der Waals surface area contributed by atoms with Crippen molar-refractivity contribution in [1.82, 2.24) is 0 Å². The molecule has 0 aromatic heterocycles. The molecule has 3 saturated carbocycles. The second kappa shape index (κ2) is 7.35. The first kappa shape index (κ1) is 25.3. The molecule has 0 amide bonds. The Labute approximate surface area is 214 Å². The monoisotopic (exact) mass is 504 g/mol. The molecule has 2 heterocycles. The van der Waals surface area contributed by atoms with Gasteiger partial charge in [-0.3, -0.25) is 4.79 Å². The number of ether oxygens (including phenoxy) is 3.